The van der Waals surface area contributed by atoms with Crippen molar-refractivity contribution in [1.29, 1.82) is 0 Å². The number of β-amino-alcohol motifs (C(OH)–C–C–N with tert-alkyl or cyclic N) is 1. The lowest BCUT2D eigenvalue weighted by atomic mass is 10.1. The van der Waals surface area contributed by atoms with Gasteiger partial charge in [0.05, 0.1) is 6.10 Å². The van der Waals surface area contributed by atoms with Gasteiger partial charge in [0, 0.05) is 24.2 Å². The van der Waals surface area contributed by atoms with Gasteiger partial charge in [0.1, 0.15) is 0 Å². The van der Waals surface area contributed by atoms with Gasteiger partial charge < -0.3 is 5.11 Å². The Bertz CT molecular complexity index is 437. The van der Waals surface area contributed by atoms with Crippen LogP contribution in [0, 0.1) is 0 Å². The highest BCUT2D eigenvalue weighted by atomic mass is 35.5. The summed E-state index contributed by atoms with van der Waals surface area (Å²) in [6.45, 7) is 5.41. The van der Waals surface area contributed by atoms with Crippen molar-refractivity contribution in [2.45, 2.75) is 31.4 Å². The quantitative estimate of drug-likeness (QED) is 0.928. The first-order chi connectivity index (χ1) is 9.72. The van der Waals surface area contributed by atoms with E-state index in [0.717, 1.165) is 30.2 Å². The summed E-state index contributed by atoms with van der Waals surface area (Å²) in [5.74, 6) is 0. The molecule has 110 valence electrons. The fraction of sp³-hybridized carbons (Fsp3) is 0.625. The Labute approximate surface area is 126 Å². The number of hydrogen-bond acceptors (Lipinski definition) is 3. The molecule has 2 aliphatic rings. The Morgan fingerprint density at radius 3 is 2.70 bits per heavy atom. The molecule has 3 rings (SSSR count). The van der Waals surface area contributed by atoms with E-state index >= 15 is 0 Å². The third kappa shape index (κ3) is 3.34. The van der Waals surface area contributed by atoms with E-state index in [1.807, 2.05) is 24.3 Å². The van der Waals surface area contributed by atoms with Crippen LogP contribution >= 0.6 is 11.6 Å². The van der Waals surface area contributed by atoms with Gasteiger partial charge >= 0.3 is 0 Å². The van der Waals surface area contributed by atoms with Gasteiger partial charge in [-0.2, -0.15) is 0 Å². The smallest absolute Gasteiger partial charge is 0.0916 e. The van der Waals surface area contributed by atoms with Gasteiger partial charge in [0.2, 0.25) is 0 Å². The molecule has 20 heavy (non-hydrogen) atoms. The van der Waals surface area contributed by atoms with Gasteiger partial charge in [-0.1, -0.05) is 23.7 Å². The molecular weight excluding hydrogens is 272 g/mol. The molecule has 2 aliphatic heterocycles. The molecular formula is C16H23ClN2O. The molecule has 0 bridgehead atoms. The van der Waals surface area contributed by atoms with Crippen molar-refractivity contribution in [1.82, 2.24) is 9.80 Å². The van der Waals surface area contributed by atoms with Crippen LogP contribution in [-0.2, 0) is 0 Å². The molecule has 1 N–H and O–H groups in total. The lowest BCUT2D eigenvalue weighted by Gasteiger charge is -2.27. The normalized spacial score (nSPS) is 26.2. The van der Waals surface area contributed by atoms with E-state index in [4.69, 9.17) is 11.6 Å². The maximum absolute atomic E-state index is 10.4. The minimum absolute atomic E-state index is 0.416. The summed E-state index contributed by atoms with van der Waals surface area (Å²) in [7, 11) is 0. The van der Waals surface area contributed by atoms with Crippen molar-refractivity contribution >= 4 is 11.6 Å². The van der Waals surface area contributed by atoms with E-state index in [2.05, 4.69) is 9.80 Å². The van der Waals surface area contributed by atoms with Gasteiger partial charge in [0.15, 0.2) is 0 Å². The fourth-order valence-corrected chi connectivity index (χ4v) is 3.61. The predicted octanol–water partition coefficient (Wildman–Crippen LogP) is 2.54. The number of halogens is 1. The van der Waals surface area contributed by atoms with E-state index in [1.54, 1.807) is 0 Å². The van der Waals surface area contributed by atoms with Gasteiger partial charge in [-0.25, -0.2) is 0 Å². The molecule has 0 spiro atoms. The van der Waals surface area contributed by atoms with Crippen LogP contribution in [0.1, 0.15) is 30.9 Å². The zero-order valence-electron chi connectivity index (χ0n) is 11.8. The highest BCUT2D eigenvalue weighted by Crippen LogP contribution is 2.23. The van der Waals surface area contributed by atoms with Gasteiger partial charge in [0.25, 0.3) is 0 Å². The minimum atomic E-state index is -0.416. The molecule has 0 amide bonds. The fourth-order valence-electron chi connectivity index (χ4n) is 3.48. The van der Waals surface area contributed by atoms with Crippen molar-refractivity contribution in [3.63, 3.8) is 0 Å². The molecule has 2 heterocycles. The highest BCUT2D eigenvalue weighted by Gasteiger charge is 2.29. The van der Waals surface area contributed by atoms with Gasteiger partial charge in [-0.05, 0) is 56.6 Å². The molecule has 3 nitrogen and oxygen atoms in total. The molecule has 2 saturated heterocycles. The zero-order chi connectivity index (χ0) is 13.9. The molecule has 1 aromatic rings. The molecule has 0 aliphatic carbocycles. The molecule has 0 aromatic heterocycles. The number of nitrogens with zero attached hydrogens (tertiary/aromatic N) is 2. The lowest BCUT2D eigenvalue weighted by Crippen LogP contribution is -2.38. The number of rotatable bonds is 3. The van der Waals surface area contributed by atoms with Gasteiger partial charge in [-0.15, -0.1) is 0 Å². The van der Waals surface area contributed by atoms with Crippen LogP contribution in [0.3, 0.4) is 0 Å². The van der Waals surface area contributed by atoms with Crippen molar-refractivity contribution < 1.29 is 5.11 Å². The number of aliphatic hydroxyl groups is 1. The van der Waals surface area contributed by atoms with Crippen LogP contribution in [0.5, 0.6) is 0 Å². The van der Waals surface area contributed by atoms with Crippen LogP contribution in [-0.4, -0.2) is 53.7 Å². The summed E-state index contributed by atoms with van der Waals surface area (Å²) >= 11 is 5.89. The molecule has 1 aromatic carbocycles. The summed E-state index contributed by atoms with van der Waals surface area (Å²) in [5.41, 5.74) is 0.960. The average Bonchev–Trinajstić information content (AvgIpc) is 2.78. The SMILES string of the molecule is OC(CN1CCCN2CCCC2C1)c1ccc(Cl)cc1. The highest BCUT2D eigenvalue weighted by molar-refractivity contribution is 6.30. The maximum atomic E-state index is 10.4. The monoisotopic (exact) mass is 294 g/mol. The van der Waals surface area contributed by atoms with Gasteiger partial charge in [-0.3, -0.25) is 9.80 Å². The Balaban J connectivity index is 1.60. The standard InChI is InChI=1S/C16H23ClN2O/c17-14-6-4-13(5-7-14)16(20)12-18-8-2-10-19-9-1-3-15(19)11-18/h4-7,15-16,20H,1-3,8-12H2. The van der Waals surface area contributed by atoms with E-state index in [-0.39, 0.29) is 0 Å². The van der Waals surface area contributed by atoms with Crippen LogP contribution in [0.2, 0.25) is 5.02 Å². The summed E-state index contributed by atoms with van der Waals surface area (Å²) in [5, 5.41) is 11.1. The van der Waals surface area contributed by atoms with E-state index in [0.29, 0.717) is 6.04 Å². The lowest BCUT2D eigenvalue weighted by molar-refractivity contribution is 0.108. The largest absolute Gasteiger partial charge is 0.387 e. The maximum Gasteiger partial charge on any atom is 0.0916 e. The van der Waals surface area contributed by atoms with Crippen molar-refractivity contribution in [3.8, 4) is 0 Å². The summed E-state index contributed by atoms with van der Waals surface area (Å²) in [6.07, 6.45) is 3.44. The summed E-state index contributed by atoms with van der Waals surface area (Å²) in [6, 6.07) is 8.25. The van der Waals surface area contributed by atoms with Crippen LogP contribution < -0.4 is 0 Å². The van der Waals surface area contributed by atoms with Crippen molar-refractivity contribution in [2.24, 2.45) is 0 Å². The summed E-state index contributed by atoms with van der Waals surface area (Å²) in [4.78, 5) is 5.05. The summed E-state index contributed by atoms with van der Waals surface area (Å²) < 4.78 is 0. The van der Waals surface area contributed by atoms with Crippen LogP contribution in [0.25, 0.3) is 0 Å². The van der Waals surface area contributed by atoms with E-state index in [1.165, 1.54) is 32.4 Å². The Morgan fingerprint density at radius 1 is 1.15 bits per heavy atom. The first kappa shape index (κ1) is 14.3. The Morgan fingerprint density at radius 2 is 1.90 bits per heavy atom. The van der Waals surface area contributed by atoms with Crippen molar-refractivity contribution in [2.75, 3.05) is 32.7 Å². The Hall–Kier alpha value is -0.610. The number of benzene rings is 1. The third-order valence-corrected chi connectivity index (χ3v) is 4.83. The molecule has 2 unspecified atom stereocenters. The second-order valence-electron chi connectivity index (χ2n) is 6.01. The first-order valence-electron chi connectivity index (χ1n) is 7.62. The number of fused-ring (bicyclic) bond motifs is 1. The van der Waals surface area contributed by atoms with Crippen LogP contribution in [0.4, 0.5) is 0 Å². The Kier molecular flexibility index (Phi) is 4.61. The molecule has 2 fully saturated rings. The van der Waals surface area contributed by atoms with Crippen LogP contribution in [0.15, 0.2) is 24.3 Å². The minimum Gasteiger partial charge on any atom is -0.387 e. The predicted molar refractivity (Wildman–Crippen MR) is 82.1 cm³/mol. The second kappa shape index (κ2) is 6.44. The van der Waals surface area contributed by atoms with E-state index in [9.17, 15) is 5.11 Å². The van der Waals surface area contributed by atoms with Crippen molar-refractivity contribution in [3.05, 3.63) is 34.9 Å². The second-order valence-corrected chi connectivity index (χ2v) is 6.45. The number of hydrogen-bond donors (Lipinski definition) is 1. The number of aliphatic hydroxyl groups excluding tert-OH is 1. The average molecular weight is 295 g/mol. The molecule has 4 heteroatoms. The third-order valence-electron chi connectivity index (χ3n) is 4.57. The molecule has 0 saturated carbocycles. The first-order valence-corrected chi connectivity index (χ1v) is 8.00. The molecule has 0 radical (unpaired) electrons. The molecule has 2 atom stereocenters. The topological polar surface area (TPSA) is 26.7 Å². The van der Waals surface area contributed by atoms with E-state index < -0.39 is 6.10 Å². The zero-order valence-corrected chi connectivity index (χ0v) is 12.6.